The molecular weight excluding hydrogens is 370 g/mol. The van der Waals surface area contributed by atoms with E-state index in [4.69, 9.17) is 4.74 Å². The minimum atomic E-state index is -0.377. The second-order valence-electron chi connectivity index (χ2n) is 6.37. The fourth-order valence-corrected chi connectivity index (χ4v) is 3.66. The molecule has 2 N–H and O–H groups in total. The molecule has 0 spiro atoms. The minimum Gasteiger partial charge on any atom is -0.465 e. The monoisotopic (exact) mass is 397 g/mol. The van der Waals surface area contributed by atoms with Crippen LogP contribution >= 0.6 is 15.9 Å². The molecule has 1 aromatic rings. The molecule has 1 aromatic heterocycles. The Balaban J connectivity index is 1.80. The molecule has 0 radical (unpaired) electrons. The molecular formula is C18H28BrN3O2. The standard InChI is InChI=1S/C18H28BrN3O2/c1-3-14(22-15-7-5-4-6-8-15)9-10-20-17-16(19)11-13(12-21-17)18(23)24-2/h11-12,14-15,22H,3-10H2,1-2H3,(H,20,21). The third-order valence-corrected chi connectivity index (χ3v) is 5.22. The van der Waals surface area contributed by atoms with Gasteiger partial charge in [0, 0.05) is 24.8 Å². The zero-order chi connectivity index (χ0) is 17.4. The first-order valence-electron chi connectivity index (χ1n) is 8.87. The molecule has 1 aliphatic rings. The van der Waals surface area contributed by atoms with Crippen molar-refractivity contribution in [2.45, 2.75) is 64.0 Å². The highest BCUT2D eigenvalue weighted by molar-refractivity contribution is 9.10. The molecule has 1 atom stereocenters. The number of hydrogen-bond acceptors (Lipinski definition) is 5. The van der Waals surface area contributed by atoms with Gasteiger partial charge in [0.15, 0.2) is 0 Å². The van der Waals surface area contributed by atoms with Gasteiger partial charge < -0.3 is 15.4 Å². The lowest BCUT2D eigenvalue weighted by Gasteiger charge is -2.28. The molecule has 0 saturated heterocycles. The van der Waals surface area contributed by atoms with Crippen molar-refractivity contribution in [3.63, 3.8) is 0 Å². The van der Waals surface area contributed by atoms with Crippen LogP contribution in [0.25, 0.3) is 0 Å². The Kier molecular flexibility index (Phi) is 7.99. The maximum Gasteiger partial charge on any atom is 0.339 e. The van der Waals surface area contributed by atoms with Gasteiger partial charge in [0.05, 0.1) is 17.1 Å². The minimum absolute atomic E-state index is 0.377. The first-order valence-corrected chi connectivity index (χ1v) is 9.67. The van der Waals surface area contributed by atoms with Crippen molar-refractivity contribution in [3.8, 4) is 0 Å². The number of pyridine rings is 1. The van der Waals surface area contributed by atoms with Crippen molar-refractivity contribution in [1.29, 1.82) is 0 Å². The van der Waals surface area contributed by atoms with Crippen LogP contribution in [-0.2, 0) is 4.74 Å². The van der Waals surface area contributed by atoms with Gasteiger partial charge >= 0.3 is 5.97 Å². The lowest BCUT2D eigenvalue weighted by molar-refractivity contribution is 0.0600. The van der Waals surface area contributed by atoms with Gasteiger partial charge in [-0.3, -0.25) is 0 Å². The van der Waals surface area contributed by atoms with Crippen molar-refractivity contribution in [1.82, 2.24) is 10.3 Å². The zero-order valence-electron chi connectivity index (χ0n) is 14.6. The number of aromatic nitrogens is 1. The van der Waals surface area contributed by atoms with E-state index in [9.17, 15) is 4.79 Å². The first kappa shape index (κ1) is 19.2. The van der Waals surface area contributed by atoms with Gasteiger partial charge in [0.1, 0.15) is 5.82 Å². The molecule has 1 saturated carbocycles. The third-order valence-electron chi connectivity index (χ3n) is 4.62. The number of hydrogen-bond donors (Lipinski definition) is 2. The Hall–Kier alpha value is -1.14. The maximum absolute atomic E-state index is 11.5. The van der Waals surface area contributed by atoms with Crippen molar-refractivity contribution >= 4 is 27.7 Å². The number of esters is 1. The molecule has 0 amide bonds. The molecule has 2 rings (SSSR count). The third kappa shape index (κ3) is 5.74. The number of ether oxygens (including phenoxy) is 1. The number of halogens is 1. The van der Waals surface area contributed by atoms with Crippen molar-refractivity contribution < 1.29 is 9.53 Å². The number of carbonyl (C=O) groups excluding carboxylic acids is 1. The topological polar surface area (TPSA) is 63.2 Å². The van der Waals surface area contributed by atoms with Crippen LogP contribution in [0.4, 0.5) is 5.82 Å². The highest BCUT2D eigenvalue weighted by Crippen LogP contribution is 2.22. The zero-order valence-corrected chi connectivity index (χ0v) is 16.2. The Bertz CT molecular complexity index is 533. The Morgan fingerprint density at radius 1 is 1.42 bits per heavy atom. The van der Waals surface area contributed by atoms with Gasteiger partial charge in [-0.1, -0.05) is 26.2 Å². The number of nitrogens with one attached hydrogen (secondary N) is 2. The fraction of sp³-hybridized carbons (Fsp3) is 0.667. The first-order chi connectivity index (χ1) is 11.6. The summed E-state index contributed by atoms with van der Waals surface area (Å²) in [6.07, 6.45) is 10.5. The smallest absolute Gasteiger partial charge is 0.339 e. The second kappa shape index (κ2) is 9.99. The van der Waals surface area contributed by atoms with Crippen molar-refractivity contribution in [3.05, 3.63) is 22.3 Å². The summed E-state index contributed by atoms with van der Waals surface area (Å²) in [5.41, 5.74) is 0.445. The van der Waals surface area contributed by atoms with Crippen LogP contribution in [0.5, 0.6) is 0 Å². The fourth-order valence-electron chi connectivity index (χ4n) is 3.17. The molecule has 1 heterocycles. The molecule has 1 unspecified atom stereocenters. The lowest BCUT2D eigenvalue weighted by Crippen LogP contribution is -2.40. The summed E-state index contributed by atoms with van der Waals surface area (Å²) in [6.45, 7) is 3.08. The molecule has 1 aliphatic carbocycles. The summed E-state index contributed by atoms with van der Waals surface area (Å²) in [7, 11) is 1.37. The molecule has 134 valence electrons. The van der Waals surface area contributed by atoms with Crippen LogP contribution < -0.4 is 10.6 Å². The van der Waals surface area contributed by atoms with E-state index < -0.39 is 0 Å². The van der Waals surface area contributed by atoms with Crippen LogP contribution in [0, 0.1) is 0 Å². The van der Waals surface area contributed by atoms with Crippen molar-refractivity contribution in [2.24, 2.45) is 0 Å². The van der Waals surface area contributed by atoms with Gasteiger partial charge in [0.25, 0.3) is 0 Å². The summed E-state index contributed by atoms with van der Waals surface area (Å²) < 4.78 is 5.48. The normalized spacial score (nSPS) is 16.6. The SMILES string of the molecule is CCC(CCNc1ncc(C(=O)OC)cc1Br)NC1CCCCC1. The average molecular weight is 398 g/mol. The summed E-state index contributed by atoms with van der Waals surface area (Å²) in [6, 6.07) is 2.96. The molecule has 5 nitrogen and oxygen atoms in total. The number of anilines is 1. The molecule has 0 bridgehead atoms. The summed E-state index contributed by atoms with van der Waals surface area (Å²) in [4.78, 5) is 15.8. The predicted octanol–water partition coefficient (Wildman–Crippen LogP) is 4.13. The number of nitrogens with zero attached hydrogens (tertiary/aromatic N) is 1. The van der Waals surface area contributed by atoms with Crippen molar-refractivity contribution in [2.75, 3.05) is 19.0 Å². The van der Waals surface area contributed by atoms with Crippen LogP contribution in [0.1, 0.15) is 62.2 Å². The molecule has 0 aromatic carbocycles. The van der Waals surface area contributed by atoms with Crippen LogP contribution in [0.15, 0.2) is 16.7 Å². The van der Waals surface area contributed by atoms with Crippen LogP contribution in [-0.4, -0.2) is 36.7 Å². The maximum atomic E-state index is 11.5. The number of rotatable bonds is 8. The van der Waals surface area contributed by atoms with E-state index >= 15 is 0 Å². The summed E-state index contributed by atoms with van der Waals surface area (Å²) in [5.74, 6) is 0.382. The second-order valence-corrected chi connectivity index (χ2v) is 7.22. The Labute approximate surface area is 153 Å². The number of methoxy groups -OCH3 is 1. The van der Waals surface area contributed by atoms with Gasteiger partial charge in [-0.2, -0.15) is 0 Å². The Morgan fingerprint density at radius 2 is 2.17 bits per heavy atom. The van der Waals surface area contributed by atoms with Gasteiger partial charge in [0.2, 0.25) is 0 Å². The molecule has 0 aliphatic heterocycles. The van der Waals surface area contributed by atoms with E-state index in [-0.39, 0.29) is 5.97 Å². The van der Waals surface area contributed by atoms with E-state index in [2.05, 4.69) is 38.5 Å². The predicted molar refractivity (Wildman–Crippen MR) is 100 cm³/mol. The van der Waals surface area contributed by atoms with Gasteiger partial charge in [-0.15, -0.1) is 0 Å². The number of carbonyl (C=O) groups is 1. The highest BCUT2D eigenvalue weighted by Gasteiger charge is 2.17. The van der Waals surface area contributed by atoms with E-state index in [0.29, 0.717) is 17.6 Å². The van der Waals surface area contributed by atoms with Gasteiger partial charge in [-0.05, 0) is 47.7 Å². The van der Waals surface area contributed by atoms with Crippen LogP contribution in [0.2, 0.25) is 0 Å². The van der Waals surface area contributed by atoms with E-state index in [1.54, 1.807) is 6.07 Å². The highest BCUT2D eigenvalue weighted by atomic mass is 79.9. The summed E-state index contributed by atoms with van der Waals surface area (Å²) in [5, 5.41) is 7.15. The van der Waals surface area contributed by atoms with E-state index in [1.165, 1.54) is 45.4 Å². The summed E-state index contributed by atoms with van der Waals surface area (Å²) >= 11 is 3.46. The molecule has 24 heavy (non-hydrogen) atoms. The van der Waals surface area contributed by atoms with E-state index in [1.807, 2.05) is 0 Å². The van der Waals surface area contributed by atoms with E-state index in [0.717, 1.165) is 29.7 Å². The lowest BCUT2D eigenvalue weighted by atomic mass is 9.94. The molecule has 1 fully saturated rings. The van der Waals surface area contributed by atoms with Gasteiger partial charge in [-0.25, -0.2) is 9.78 Å². The largest absolute Gasteiger partial charge is 0.465 e. The quantitative estimate of drug-likeness (QED) is 0.645. The van der Waals surface area contributed by atoms with Crippen LogP contribution in [0.3, 0.4) is 0 Å². The molecule has 6 heteroatoms. The average Bonchev–Trinajstić information content (AvgIpc) is 2.62. The Morgan fingerprint density at radius 3 is 2.79 bits per heavy atom.